The first kappa shape index (κ1) is 36.2. The standard InChI is InChI=1S/C36H47N3O7S2/c1-39(25-10-12-26(13-11-25)46-35(43)36(44,31-8-6-22-47-31)32-9-7-23-48-32)19-21-45-20-5-3-2-4-18-37-24-30(41)27-14-16-29(40)34-28(27)15-17-33(42)38-34/h6-9,14-17,22-23,25-26,30,37,40-41,44H,2-5,10-13,18-21,24H2,1H3,(H,38,42)/t25?,26?,30-/m0/s1. The molecule has 0 aliphatic heterocycles. The SMILES string of the molecule is CN(CCOCCCCCCNC[C@H](O)c1ccc(O)c2[nH]c(=O)ccc12)C1CCC(OC(=O)C(O)(c2cccs2)c2cccs2)CC1. The molecule has 12 heteroatoms. The number of aromatic hydroxyl groups is 1. The van der Waals surface area contributed by atoms with Crippen molar-refractivity contribution in [2.75, 3.05) is 39.9 Å². The Morgan fingerprint density at radius 3 is 2.40 bits per heavy atom. The summed E-state index contributed by atoms with van der Waals surface area (Å²) in [5.74, 6) is -0.606. The largest absolute Gasteiger partial charge is 0.506 e. The zero-order chi connectivity index (χ0) is 33.9. The first-order chi connectivity index (χ1) is 23.3. The van der Waals surface area contributed by atoms with Gasteiger partial charge < -0.3 is 40.0 Å². The number of pyridine rings is 1. The number of hydrogen-bond acceptors (Lipinski definition) is 11. The van der Waals surface area contributed by atoms with Gasteiger partial charge in [0, 0.05) is 37.2 Å². The quantitative estimate of drug-likeness (QED) is 0.0693. The van der Waals surface area contributed by atoms with Crippen LogP contribution >= 0.6 is 22.7 Å². The Bertz CT molecular complexity index is 1580. The molecule has 3 aromatic heterocycles. The maximum Gasteiger partial charge on any atom is 0.349 e. The fourth-order valence-electron chi connectivity index (χ4n) is 6.33. The molecule has 0 unspecified atom stereocenters. The number of ether oxygens (including phenoxy) is 2. The van der Waals surface area contributed by atoms with E-state index in [2.05, 4.69) is 22.2 Å². The molecule has 0 radical (unpaired) electrons. The fraction of sp³-hybridized carbons (Fsp3) is 0.500. The van der Waals surface area contributed by atoms with Gasteiger partial charge in [-0.2, -0.15) is 0 Å². The number of aliphatic hydroxyl groups excluding tert-OH is 1. The first-order valence-electron chi connectivity index (χ1n) is 16.8. The highest BCUT2D eigenvalue weighted by Gasteiger charge is 2.45. The van der Waals surface area contributed by atoms with Crippen LogP contribution in [0.25, 0.3) is 10.9 Å². The van der Waals surface area contributed by atoms with E-state index in [4.69, 9.17) is 9.47 Å². The number of nitrogens with one attached hydrogen (secondary N) is 2. The van der Waals surface area contributed by atoms with Gasteiger partial charge in [0.05, 0.1) is 28.0 Å². The van der Waals surface area contributed by atoms with Crippen molar-refractivity contribution in [1.82, 2.24) is 15.2 Å². The molecule has 1 aliphatic rings. The number of phenols is 1. The number of esters is 1. The lowest BCUT2D eigenvalue weighted by atomic mass is 9.91. The Hall–Kier alpha value is -3.10. The van der Waals surface area contributed by atoms with Gasteiger partial charge >= 0.3 is 5.97 Å². The van der Waals surface area contributed by atoms with E-state index in [9.17, 15) is 24.9 Å². The number of thiophene rings is 2. The van der Waals surface area contributed by atoms with Gasteiger partial charge in [-0.05, 0) is 92.7 Å². The van der Waals surface area contributed by atoms with Gasteiger partial charge in [0.15, 0.2) is 0 Å². The number of rotatable bonds is 18. The highest BCUT2D eigenvalue weighted by Crippen LogP contribution is 2.38. The molecule has 0 spiro atoms. The van der Waals surface area contributed by atoms with Gasteiger partial charge in [-0.3, -0.25) is 4.79 Å². The molecule has 3 heterocycles. The third kappa shape index (κ3) is 9.12. The maximum absolute atomic E-state index is 13.3. The molecule has 10 nitrogen and oxygen atoms in total. The highest BCUT2D eigenvalue weighted by molar-refractivity contribution is 7.12. The predicted molar refractivity (Wildman–Crippen MR) is 190 cm³/mol. The number of carbonyl (C=O) groups excluding carboxylic acids is 1. The summed E-state index contributed by atoms with van der Waals surface area (Å²) in [6.07, 6.45) is 6.61. The first-order valence-corrected chi connectivity index (χ1v) is 18.6. The zero-order valence-corrected chi connectivity index (χ0v) is 29.1. The second-order valence-corrected chi connectivity index (χ2v) is 14.4. The van der Waals surface area contributed by atoms with Gasteiger partial charge in [0.25, 0.3) is 0 Å². The molecule has 48 heavy (non-hydrogen) atoms. The van der Waals surface area contributed by atoms with Crippen LogP contribution in [0.4, 0.5) is 0 Å². The summed E-state index contributed by atoms with van der Waals surface area (Å²) in [4.78, 5) is 31.0. The fourth-order valence-corrected chi connectivity index (χ4v) is 8.05. The summed E-state index contributed by atoms with van der Waals surface area (Å²) in [6, 6.07) is 13.8. The van der Waals surface area contributed by atoms with E-state index in [0.717, 1.165) is 71.1 Å². The number of benzene rings is 1. The van der Waals surface area contributed by atoms with Crippen LogP contribution in [-0.2, 0) is 19.9 Å². The number of likely N-dealkylation sites (N-methyl/N-ethyl adjacent to an activating group) is 1. The molecule has 1 atom stereocenters. The Morgan fingerprint density at radius 1 is 1.00 bits per heavy atom. The topological polar surface area (TPSA) is 144 Å². The molecule has 0 saturated heterocycles. The second kappa shape index (κ2) is 17.5. The van der Waals surface area contributed by atoms with E-state index in [1.165, 1.54) is 34.8 Å². The third-order valence-electron chi connectivity index (χ3n) is 9.18. The average Bonchev–Trinajstić information content (AvgIpc) is 3.84. The number of phenolic OH excluding ortho intramolecular Hbond substituents is 1. The van der Waals surface area contributed by atoms with E-state index in [1.54, 1.807) is 24.3 Å². The molecule has 5 N–H and O–H groups in total. The summed E-state index contributed by atoms with van der Waals surface area (Å²) in [6.45, 7) is 3.44. The molecule has 0 amide bonds. The lowest BCUT2D eigenvalue weighted by Gasteiger charge is -2.35. The summed E-state index contributed by atoms with van der Waals surface area (Å²) < 4.78 is 11.8. The van der Waals surface area contributed by atoms with Crippen molar-refractivity contribution in [1.29, 1.82) is 0 Å². The molecule has 0 bridgehead atoms. The third-order valence-corrected chi connectivity index (χ3v) is 11.1. The van der Waals surface area contributed by atoms with E-state index in [1.807, 2.05) is 22.9 Å². The van der Waals surface area contributed by atoms with Crippen LogP contribution in [0.15, 0.2) is 64.1 Å². The Kier molecular flexibility index (Phi) is 13.2. The Morgan fingerprint density at radius 2 is 1.71 bits per heavy atom. The minimum atomic E-state index is -1.76. The van der Waals surface area contributed by atoms with E-state index >= 15 is 0 Å². The highest BCUT2D eigenvalue weighted by atomic mass is 32.1. The van der Waals surface area contributed by atoms with Crippen LogP contribution in [0.2, 0.25) is 0 Å². The van der Waals surface area contributed by atoms with Crippen molar-refractivity contribution in [3.63, 3.8) is 0 Å². The van der Waals surface area contributed by atoms with Gasteiger partial charge in [-0.25, -0.2) is 4.79 Å². The smallest absolute Gasteiger partial charge is 0.349 e. The van der Waals surface area contributed by atoms with Crippen molar-refractivity contribution < 1.29 is 29.6 Å². The second-order valence-electron chi connectivity index (χ2n) is 12.5. The van der Waals surface area contributed by atoms with Gasteiger partial charge in [0.2, 0.25) is 11.2 Å². The predicted octanol–water partition coefficient (Wildman–Crippen LogP) is 5.28. The van der Waals surface area contributed by atoms with E-state index < -0.39 is 17.7 Å². The number of carbonyl (C=O) groups is 1. The van der Waals surface area contributed by atoms with Crippen molar-refractivity contribution in [3.8, 4) is 5.75 Å². The van der Waals surface area contributed by atoms with Crippen molar-refractivity contribution in [2.45, 2.75) is 75.2 Å². The van der Waals surface area contributed by atoms with Crippen LogP contribution in [0, 0.1) is 0 Å². The number of nitrogens with zero attached hydrogens (tertiary/aromatic N) is 1. The minimum absolute atomic E-state index is 0.0159. The minimum Gasteiger partial charge on any atom is -0.506 e. The number of fused-ring (bicyclic) bond motifs is 1. The lowest BCUT2D eigenvalue weighted by Crippen LogP contribution is -2.42. The van der Waals surface area contributed by atoms with Gasteiger partial charge in [-0.1, -0.05) is 31.0 Å². The molecule has 5 rings (SSSR count). The molecular weight excluding hydrogens is 651 g/mol. The Balaban J connectivity index is 0.899. The molecule has 1 fully saturated rings. The summed E-state index contributed by atoms with van der Waals surface area (Å²) >= 11 is 2.71. The number of hydrogen-bond donors (Lipinski definition) is 5. The maximum atomic E-state index is 13.3. The van der Waals surface area contributed by atoms with Crippen LogP contribution in [-0.4, -0.2) is 83.2 Å². The zero-order valence-electron chi connectivity index (χ0n) is 27.4. The average molecular weight is 698 g/mol. The summed E-state index contributed by atoms with van der Waals surface area (Å²) in [7, 11) is 2.13. The van der Waals surface area contributed by atoms with Gasteiger partial charge in [-0.15, -0.1) is 22.7 Å². The van der Waals surface area contributed by atoms with Gasteiger partial charge in [0.1, 0.15) is 11.9 Å². The number of aromatic amines is 1. The number of unbranched alkanes of at least 4 members (excludes halogenated alkanes) is 3. The summed E-state index contributed by atoms with van der Waals surface area (Å²) in [5.41, 5.74) is -1.06. The van der Waals surface area contributed by atoms with Crippen LogP contribution in [0.3, 0.4) is 0 Å². The van der Waals surface area contributed by atoms with Crippen LogP contribution in [0.5, 0.6) is 5.75 Å². The van der Waals surface area contributed by atoms with Crippen molar-refractivity contribution in [2.24, 2.45) is 0 Å². The Labute approximate surface area is 289 Å². The molecule has 1 saturated carbocycles. The van der Waals surface area contributed by atoms with Crippen molar-refractivity contribution in [3.05, 3.63) is 85.0 Å². The monoisotopic (exact) mass is 697 g/mol. The van der Waals surface area contributed by atoms with Crippen molar-refractivity contribution >= 4 is 39.5 Å². The number of H-pyrrole nitrogens is 1. The van der Waals surface area contributed by atoms with Crippen LogP contribution in [0.1, 0.15) is 72.8 Å². The number of aliphatic hydroxyl groups is 2. The molecule has 1 aliphatic carbocycles. The molecule has 4 aromatic rings. The molecular formula is C36H47N3O7S2. The normalized spacial score (nSPS) is 17.6. The molecule has 260 valence electrons. The number of aromatic nitrogens is 1. The van der Waals surface area contributed by atoms with E-state index in [0.29, 0.717) is 45.4 Å². The summed E-state index contributed by atoms with van der Waals surface area (Å²) in [5, 5.41) is 39.9. The molecule has 1 aromatic carbocycles. The van der Waals surface area contributed by atoms with Crippen LogP contribution < -0.4 is 10.9 Å². The van der Waals surface area contributed by atoms with E-state index in [-0.39, 0.29) is 17.4 Å². The lowest BCUT2D eigenvalue weighted by molar-refractivity contribution is -0.169.